The van der Waals surface area contributed by atoms with Gasteiger partial charge in [0.05, 0.1) is 16.2 Å². The van der Waals surface area contributed by atoms with Crippen LogP contribution in [-0.4, -0.2) is 15.3 Å². The minimum absolute atomic E-state index is 0.0567. The number of nitrogens with zero attached hydrogens (tertiary/aromatic N) is 3. The van der Waals surface area contributed by atoms with E-state index in [-0.39, 0.29) is 28.4 Å². The zero-order chi connectivity index (χ0) is 14.9. The molecule has 2 aromatic rings. The summed E-state index contributed by atoms with van der Waals surface area (Å²) in [4.78, 5) is 21.7. The van der Waals surface area contributed by atoms with Gasteiger partial charge >= 0.3 is 0 Å². The molecule has 1 aromatic heterocycles. The molecule has 0 spiro atoms. The lowest BCUT2D eigenvalue weighted by Gasteiger charge is -2.07. The van der Waals surface area contributed by atoms with E-state index in [0.717, 1.165) is 0 Å². The van der Waals surface area contributed by atoms with Crippen molar-refractivity contribution in [3.63, 3.8) is 0 Å². The van der Waals surface area contributed by atoms with Crippen molar-refractivity contribution in [2.75, 3.05) is 5.73 Å². The van der Waals surface area contributed by atoms with E-state index in [4.69, 9.17) is 11.0 Å². The lowest BCUT2D eigenvalue weighted by atomic mass is 10.2. The van der Waals surface area contributed by atoms with E-state index in [0.29, 0.717) is 5.69 Å². The van der Waals surface area contributed by atoms with Crippen molar-refractivity contribution in [3.8, 4) is 11.8 Å². The number of nitriles is 1. The third-order valence-corrected chi connectivity index (χ3v) is 2.84. The molecule has 0 aliphatic rings. The number of carbonyl (C=O) groups is 1. The van der Waals surface area contributed by atoms with Crippen molar-refractivity contribution in [3.05, 3.63) is 51.8 Å². The summed E-state index contributed by atoms with van der Waals surface area (Å²) in [5, 5.41) is 19.6. The predicted octanol–water partition coefficient (Wildman–Crippen LogP) is 2.04. The maximum Gasteiger partial charge on any atom is 0.269 e. The molecular weight excluding hydrogens is 260 g/mol. The molecule has 1 heterocycles. The maximum absolute atomic E-state index is 11.6. The number of nitrogen functional groups attached to an aromatic ring is 1. The number of carbonyl (C=O) groups excluding carboxylic acids is 1. The number of rotatable bonds is 3. The summed E-state index contributed by atoms with van der Waals surface area (Å²) in [7, 11) is 0. The summed E-state index contributed by atoms with van der Waals surface area (Å²) < 4.78 is 1.46. The van der Waals surface area contributed by atoms with Crippen LogP contribution in [0.25, 0.3) is 5.69 Å². The molecule has 0 aliphatic heterocycles. The van der Waals surface area contributed by atoms with Crippen molar-refractivity contribution in [2.45, 2.75) is 6.92 Å². The summed E-state index contributed by atoms with van der Waals surface area (Å²) in [6.45, 7) is 1.34. The zero-order valence-electron chi connectivity index (χ0n) is 10.5. The molecule has 0 saturated heterocycles. The van der Waals surface area contributed by atoms with Crippen LogP contribution in [0.5, 0.6) is 0 Å². The Morgan fingerprint density at radius 1 is 1.40 bits per heavy atom. The molecule has 0 aliphatic carbocycles. The van der Waals surface area contributed by atoms with Gasteiger partial charge in [-0.1, -0.05) is 0 Å². The highest BCUT2D eigenvalue weighted by Crippen LogP contribution is 2.25. The van der Waals surface area contributed by atoms with E-state index in [1.54, 1.807) is 0 Å². The van der Waals surface area contributed by atoms with Crippen LogP contribution in [0.1, 0.15) is 23.0 Å². The molecule has 2 rings (SSSR count). The molecule has 0 fully saturated rings. The first-order valence-electron chi connectivity index (χ1n) is 5.62. The second-order valence-corrected chi connectivity index (χ2v) is 4.12. The molecule has 100 valence electrons. The second-order valence-electron chi connectivity index (χ2n) is 4.12. The summed E-state index contributed by atoms with van der Waals surface area (Å²) in [5.41, 5.74) is 6.71. The van der Waals surface area contributed by atoms with Gasteiger partial charge in [-0.3, -0.25) is 14.9 Å². The molecule has 0 atom stereocenters. The van der Waals surface area contributed by atoms with Crippen LogP contribution in [0.3, 0.4) is 0 Å². The maximum atomic E-state index is 11.6. The number of ketones is 1. The molecule has 0 amide bonds. The van der Waals surface area contributed by atoms with E-state index in [2.05, 4.69) is 0 Å². The van der Waals surface area contributed by atoms with Gasteiger partial charge in [-0.2, -0.15) is 5.26 Å². The van der Waals surface area contributed by atoms with Crippen LogP contribution in [0.4, 0.5) is 11.4 Å². The van der Waals surface area contributed by atoms with E-state index >= 15 is 0 Å². The fourth-order valence-corrected chi connectivity index (χ4v) is 1.91. The van der Waals surface area contributed by atoms with Gasteiger partial charge in [-0.15, -0.1) is 0 Å². The monoisotopic (exact) mass is 270 g/mol. The number of nitro benzene ring substituents is 1. The summed E-state index contributed by atoms with van der Waals surface area (Å²) >= 11 is 0. The first kappa shape index (κ1) is 13.3. The number of aromatic nitrogens is 1. The van der Waals surface area contributed by atoms with Crippen molar-refractivity contribution < 1.29 is 9.72 Å². The first-order chi connectivity index (χ1) is 9.45. The lowest BCUT2D eigenvalue weighted by Crippen LogP contribution is -2.06. The Morgan fingerprint density at radius 3 is 2.45 bits per heavy atom. The van der Waals surface area contributed by atoms with Gasteiger partial charge in [0.2, 0.25) is 0 Å². The Balaban J connectivity index is 2.60. The van der Waals surface area contributed by atoms with Crippen LogP contribution in [-0.2, 0) is 0 Å². The topological polar surface area (TPSA) is 115 Å². The standard InChI is InChI=1S/C13H10N4O3/c1-8(18)13-12(15)9(6-14)7-16(13)10-2-4-11(5-3-10)17(19)20/h2-5,7H,15H2,1H3. The minimum Gasteiger partial charge on any atom is -0.396 e. The van der Waals surface area contributed by atoms with Gasteiger partial charge in [0.25, 0.3) is 5.69 Å². The van der Waals surface area contributed by atoms with Crippen LogP contribution in [0.2, 0.25) is 0 Å². The van der Waals surface area contributed by atoms with Crippen molar-refractivity contribution in [2.24, 2.45) is 0 Å². The summed E-state index contributed by atoms with van der Waals surface area (Å²) in [6, 6.07) is 7.53. The van der Waals surface area contributed by atoms with Gasteiger partial charge in [-0.05, 0) is 12.1 Å². The molecular formula is C13H10N4O3. The van der Waals surface area contributed by atoms with Crippen molar-refractivity contribution >= 4 is 17.2 Å². The average molecular weight is 270 g/mol. The predicted molar refractivity (Wildman–Crippen MR) is 71.6 cm³/mol. The largest absolute Gasteiger partial charge is 0.396 e. The third-order valence-electron chi connectivity index (χ3n) is 2.84. The Labute approximate surface area is 114 Å². The molecule has 7 nitrogen and oxygen atoms in total. The Morgan fingerprint density at radius 2 is 2.00 bits per heavy atom. The van der Waals surface area contributed by atoms with Crippen LogP contribution in [0.15, 0.2) is 30.5 Å². The smallest absolute Gasteiger partial charge is 0.269 e. The molecule has 0 radical (unpaired) electrons. The van der Waals surface area contributed by atoms with Crippen LogP contribution in [0, 0.1) is 21.4 Å². The number of anilines is 1. The number of nitrogens with two attached hydrogens (primary N) is 1. The molecule has 0 unspecified atom stereocenters. The highest BCUT2D eigenvalue weighted by molar-refractivity contribution is 5.99. The summed E-state index contributed by atoms with van der Waals surface area (Å²) in [5.74, 6) is -0.289. The van der Waals surface area contributed by atoms with E-state index in [9.17, 15) is 14.9 Å². The SMILES string of the molecule is CC(=O)c1c(N)c(C#N)cn1-c1ccc([N+](=O)[O-])cc1. The van der Waals surface area contributed by atoms with Crippen molar-refractivity contribution in [1.82, 2.24) is 4.57 Å². The Hall–Kier alpha value is -3.14. The number of benzene rings is 1. The number of nitro groups is 1. The summed E-state index contributed by atoms with van der Waals surface area (Å²) in [6.07, 6.45) is 1.44. The fraction of sp³-hybridized carbons (Fsp3) is 0.0769. The number of Topliss-reactive ketones (excluding diaryl/α,β-unsaturated/α-hetero) is 1. The normalized spacial score (nSPS) is 10.0. The van der Waals surface area contributed by atoms with Gasteiger partial charge in [0.15, 0.2) is 5.78 Å². The first-order valence-corrected chi connectivity index (χ1v) is 5.62. The van der Waals surface area contributed by atoms with E-state index in [1.165, 1.54) is 42.0 Å². The third kappa shape index (κ3) is 2.10. The Kier molecular flexibility index (Phi) is 3.23. The quantitative estimate of drug-likeness (QED) is 0.520. The number of non-ortho nitro benzene ring substituents is 1. The fourth-order valence-electron chi connectivity index (χ4n) is 1.91. The second kappa shape index (κ2) is 4.85. The molecule has 7 heteroatoms. The molecule has 0 bridgehead atoms. The molecule has 1 aromatic carbocycles. The Bertz CT molecular complexity index is 738. The van der Waals surface area contributed by atoms with Gasteiger partial charge in [0, 0.05) is 30.9 Å². The number of hydrogen-bond acceptors (Lipinski definition) is 5. The van der Waals surface area contributed by atoms with Gasteiger partial charge in [-0.25, -0.2) is 0 Å². The van der Waals surface area contributed by atoms with Crippen LogP contribution < -0.4 is 5.73 Å². The van der Waals surface area contributed by atoms with E-state index in [1.807, 2.05) is 6.07 Å². The van der Waals surface area contributed by atoms with Gasteiger partial charge < -0.3 is 10.3 Å². The van der Waals surface area contributed by atoms with Crippen LogP contribution >= 0.6 is 0 Å². The average Bonchev–Trinajstić information content (AvgIpc) is 2.75. The molecule has 20 heavy (non-hydrogen) atoms. The minimum atomic E-state index is -0.513. The number of hydrogen-bond donors (Lipinski definition) is 1. The highest BCUT2D eigenvalue weighted by Gasteiger charge is 2.18. The highest BCUT2D eigenvalue weighted by atomic mass is 16.6. The van der Waals surface area contributed by atoms with Gasteiger partial charge in [0.1, 0.15) is 11.8 Å². The van der Waals surface area contributed by atoms with E-state index < -0.39 is 4.92 Å². The molecule has 2 N–H and O–H groups in total. The lowest BCUT2D eigenvalue weighted by molar-refractivity contribution is -0.384. The zero-order valence-corrected chi connectivity index (χ0v) is 10.5. The molecule has 0 saturated carbocycles. The van der Waals surface area contributed by atoms with Crippen molar-refractivity contribution in [1.29, 1.82) is 5.26 Å².